The Morgan fingerprint density at radius 3 is 2.70 bits per heavy atom. The fourth-order valence-electron chi connectivity index (χ4n) is 2.15. The van der Waals surface area contributed by atoms with Crippen LogP contribution >= 0.6 is 0 Å². The zero-order chi connectivity index (χ0) is 14.1. The minimum atomic E-state index is -1.20. The van der Waals surface area contributed by atoms with Gasteiger partial charge in [-0.2, -0.15) is 0 Å². The summed E-state index contributed by atoms with van der Waals surface area (Å²) in [5.41, 5.74) is 1.66. The normalized spacial score (nSPS) is 10.9. The lowest BCUT2D eigenvalue weighted by atomic mass is 10.1. The Morgan fingerprint density at radius 1 is 1.05 bits per heavy atom. The van der Waals surface area contributed by atoms with Gasteiger partial charge in [-0.3, -0.25) is 0 Å². The third kappa shape index (κ3) is 2.22. The molecule has 1 aromatic heterocycles. The van der Waals surface area contributed by atoms with Crippen molar-refractivity contribution in [2.45, 2.75) is 6.54 Å². The molecule has 0 spiro atoms. The van der Waals surface area contributed by atoms with Crippen molar-refractivity contribution in [3.05, 3.63) is 65.6 Å². The van der Waals surface area contributed by atoms with E-state index in [1.54, 1.807) is 6.20 Å². The van der Waals surface area contributed by atoms with Crippen LogP contribution in [0.3, 0.4) is 0 Å². The quantitative estimate of drug-likeness (QED) is 0.689. The van der Waals surface area contributed by atoms with Crippen molar-refractivity contribution in [1.82, 2.24) is 4.98 Å². The maximum Gasteiger partial charge on any atom is 0.182 e. The molecule has 2 nitrogen and oxygen atoms in total. The highest BCUT2D eigenvalue weighted by Crippen LogP contribution is 2.22. The van der Waals surface area contributed by atoms with E-state index in [2.05, 4.69) is 10.3 Å². The first-order chi connectivity index (χ1) is 9.65. The summed E-state index contributed by atoms with van der Waals surface area (Å²) in [7, 11) is 0. The molecule has 2 aromatic carbocycles. The average Bonchev–Trinajstić information content (AvgIpc) is 2.84. The zero-order valence-electron chi connectivity index (χ0n) is 10.4. The minimum absolute atomic E-state index is 0.187. The number of hydrogen-bond acceptors (Lipinski definition) is 1. The van der Waals surface area contributed by atoms with Gasteiger partial charge in [0.2, 0.25) is 0 Å². The Kier molecular flexibility index (Phi) is 3.10. The molecule has 20 heavy (non-hydrogen) atoms. The van der Waals surface area contributed by atoms with Gasteiger partial charge in [0.15, 0.2) is 11.6 Å². The van der Waals surface area contributed by atoms with Crippen LogP contribution in [0.2, 0.25) is 0 Å². The summed E-state index contributed by atoms with van der Waals surface area (Å²) < 4.78 is 39.7. The number of nitrogens with one attached hydrogen (secondary N) is 2. The van der Waals surface area contributed by atoms with Crippen molar-refractivity contribution in [3.63, 3.8) is 0 Å². The third-order valence-corrected chi connectivity index (χ3v) is 3.14. The monoisotopic (exact) mass is 276 g/mol. The van der Waals surface area contributed by atoms with Gasteiger partial charge in [-0.25, -0.2) is 13.2 Å². The second-order valence-electron chi connectivity index (χ2n) is 4.46. The molecule has 0 saturated heterocycles. The molecule has 0 bridgehead atoms. The van der Waals surface area contributed by atoms with Gasteiger partial charge in [0.25, 0.3) is 0 Å². The summed E-state index contributed by atoms with van der Waals surface area (Å²) in [6, 6.07) is 9.09. The predicted molar refractivity (Wildman–Crippen MR) is 71.9 cm³/mol. The Morgan fingerprint density at radius 2 is 1.85 bits per heavy atom. The summed E-state index contributed by atoms with van der Waals surface area (Å²) in [5.74, 6) is -3.09. The number of H-pyrrole nitrogens is 1. The molecule has 0 saturated carbocycles. The molecule has 0 amide bonds. The Hall–Kier alpha value is -2.43. The topological polar surface area (TPSA) is 27.8 Å². The number of hydrogen-bond donors (Lipinski definition) is 2. The van der Waals surface area contributed by atoms with Crippen molar-refractivity contribution < 1.29 is 13.2 Å². The van der Waals surface area contributed by atoms with E-state index in [0.717, 1.165) is 22.5 Å². The van der Waals surface area contributed by atoms with Crippen molar-refractivity contribution in [2.75, 3.05) is 5.32 Å². The summed E-state index contributed by atoms with van der Waals surface area (Å²) in [6.07, 6.45) is 1.78. The van der Waals surface area contributed by atoms with E-state index in [4.69, 9.17) is 0 Å². The molecule has 3 aromatic rings. The van der Waals surface area contributed by atoms with Crippen LogP contribution in [-0.4, -0.2) is 4.98 Å². The van der Waals surface area contributed by atoms with Gasteiger partial charge >= 0.3 is 0 Å². The van der Waals surface area contributed by atoms with Crippen molar-refractivity contribution >= 4 is 16.6 Å². The molecule has 1 heterocycles. The Labute approximate surface area is 113 Å². The second-order valence-corrected chi connectivity index (χ2v) is 4.46. The van der Waals surface area contributed by atoms with Crippen molar-refractivity contribution in [3.8, 4) is 0 Å². The smallest absolute Gasteiger partial charge is 0.182 e. The van der Waals surface area contributed by atoms with Gasteiger partial charge in [-0.05, 0) is 11.6 Å². The van der Waals surface area contributed by atoms with Gasteiger partial charge in [0, 0.05) is 35.8 Å². The molecule has 0 radical (unpaired) electrons. The van der Waals surface area contributed by atoms with E-state index in [0.29, 0.717) is 6.07 Å². The van der Waals surface area contributed by atoms with Crippen LogP contribution < -0.4 is 5.32 Å². The van der Waals surface area contributed by atoms with E-state index in [1.807, 2.05) is 24.3 Å². The maximum atomic E-state index is 13.5. The number of rotatable bonds is 3. The molecule has 3 rings (SSSR count). The zero-order valence-corrected chi connectivity index (χ0v) is 10.4. The highest BCUT2D eigenvalue weighted by molar-refractivity contribution is 5.83. The van der Waals surface area contributed by atoms with Crippen LogP contribution in [0.25, 0.3) is 10.9 Å². The molecule has 0 aliphatic carbocycles. The van der Waals surface area contributed by atoms with Crippen LogP contribution in [0.4, 0.5) is 18.9 Å². The third-order valence-electron chi connectivity index (χ3n) is 3.14. The first kappa shape index (κ1) is 12.6. The molecular weight excluding hydrogens is 265 g/mol. The number of para-hydroxylation sites is 1. The fraction of sp³-hybridized carbons (Fsp3) is 0.0667. The van der Waals surface area contributed by atoms with Gasteiger partial charge in [-0.15, -0.1) is 0 Å². The van der Waals surface area contributed by atoms with Crippen LogP contribution in [0.5, 0.6) is 0 Å². The van der Waals surface area contributed by atoms with Crippen LogP contribution in [0.15, 0.2) is 42.6 Å². The fourth-order valence-corrected chi connectivity index (χ4v) is 2.15. The largest absolute Gasteiger partial charge is 0.378 e. The SMILES string of the molecule is Fc1cc(F)c(F)c(NCc2c[nH]c3ccccc23)c1. The van der Waals surface area contributed by atoms with Gasteiger partial charge in [0.1, 0.15) is 5.82 Å². The maximum absolute atomic E-state index is 13.5. The number of aromatic nitrogens is 1. The molecule has 0 aliphatic rings. The van der Waals surface area contributed by atoms with Gasteiger partial charge in [0.05, 0.1) is 5.69 Å². The van der Waals surface area contributed by atoms with Crippen LogP contribution in [0, 0.1) is 17.5 Å². The van der Waals surface area contributed by atoms with Crippen molar-refractivity contribution in [1.29, 1.82) is 0 Å². The number of benzene rings is 2. The van der Waals surface area contributed by atoms with Crippen LogP contribution in [-0.2, 0) is 6.54 Å². The summed E-state index contributed by atoms with van der Waals surface area (Å²) in [4.78, 5) is 3.08. The average molecular weight is 276 g/mol. The lowest BCUT2D eigenvalue weighted by Crippen LogP contribution is -2.03. The first-order valence-corrected chi connectivity index (χ1v) is 6.08. The highest BCUT2D eigenvalue weighted by atomic mass is 19.2. The second kappa shape index (κ2) is 4.92. The van der Waals surface area contributed by atoms with E-state index in [-0.39, 0.29) is 12.2 Å². The van der Waals surface area contributed by atoms with E-state index in [9.17, 15) is 13.2 Å². The Balaban J connectivity index is 1.87. The molecule has 5 heteroatoms. The summed E-state index contributed by atoms with van der Waals surface area (Å²) >= 11 is 0. The minimum Gasteiger partial charge on any atom is -0.378 e. The summed E-state index contributed by atoms with van der Waals surface area (Å²) in [5, 5.41) is 3.70. The number of fused-ring (bicyclic) bond motifs is 1. The molecule has 0 fully saturated rings. The highest BCUT2D eigenvalue weighted by Gasteiger charge is 2.11. The standard InChI is InChI=1S/C15H11F3N2/c16-10-5-12(17)15(18)14(6-10)20-8-9-7-19-13-4-2-1-3-11(9)13/h1-7,19-20H,8H2. The molecule has 0 unspecified atom stereocenters. The van der Waals surface area contributed by atoms with E-state index < -0.39 is 17.5 Å². The molecule has 0 aliphatic heterocycles. The first-order valence-electron chi connectivity index (χ1n) is 6.08. The summed E-state index contributed by atoms with van der Waals surface area (Å²) in [6.45, 7) is 0.268. The number of halogens is 3. The number of aromatic amines is 1. The molecule has 0 atom stereocenters. The molecule has 2 N–H and O–H groups in total. The van der Waals surface area contributed by atoms with E-state index >= 15 is 0 Å². The lowest BCUT2D eigenvalue weighted by molar-refractivity contribution is 0.497. The number of anilines is 1. The predicted octanol–water partition coefficient (Wildman–Crippen LogP) is 4.20. The molecule has 102 valence electrons. The van der Waals surface area contributed by atoms with Gasteiger partial charge < -0.3 is 10.3 Å². The van der Waals surface area contributed by atoms with Gasteiger partial charge in [-0.1, -0.05) is 18.2 Å². The van der Waals surface area contributed by atoms with Crippen LogP contribution in [0.1, 0.15) is 5.56 Å². The van der Waals surface area contributed by atoms with E-state index in [1.165, 1.54) is 0 Å². The Bertz CT molecular complexity index is 765. The van der Waals surface area contributed by atoms with Crippen molar-refractivity contribution in [2.24, 2.45) is 0 Å². The molecular formula is C15H11F3N2. The lowest BCUT2D eigenvalue weighted by Gasteiger charge is -2.07.